The van der Waals surface area contributed by atoms with Gasteiger partial charge in [-0.25, -0.2) is 4.39 Å². The minimum absolute atomic E-state index is 0.00673. The lowest BCUT2D eigenvalue weighted by Crippen LogP contribution is -2.40. The molecule has 0 radical (unpaired) electrons. The van der Waals surface area contributed by atoms with Crippen molar-refractivity contribution in [3.63, 3.8) is 0 Å². The largest absolute Gasteiger partial charge is 0.494 e. The van der Waals surface area contributed by atoms with E-state index in [0.29, 0.717) is 25.6 Å². The number of amides is 1. The highest BCUT2D eigenvalue weighted by molar-refractivity contribution is 5.81. The number of nitrogens with zero attached hydrogens (tertiary/aromatic N) is 1. The van der Waals surface area contributed by atoms with E-state index >= 15 is 0 Å². The monoisotopic (exact) mass is 366 g/mol. The number of methoxy groups -OCH3 is 1. The van der Waals surface area contributed by atoms with Gasteiger partial charge in [-0.05, 0) is 31.5 Å². The molecule has 0 aliphatic carbocycles. The molecule has 26 heavy (non-hydrogen) atoms. The molecule has 0 spiro atoms. The lowest BCUT2D eigenvalue weighted by molar-refractivity contribution is -0.128. The van der Waals surface area contributed by atoms with E-state index in [2.05, 4.69) is 20.9 Å². The van der Waals surface area contributed by atoms with Crippen molar-refractivity contribution in [1.29, 1.82) is 0 Å². The summed E-state index contributed by atoms with van der Waals surface area (Å²) in [5, 5.41) is 9.24. The van der Waals surface area contributed by atoms with Crippen LogP contribution in [0.2, 0.25) is 0 Å². The van der Waals surface area contributed by atoms with Gasteiger partial charge in [0.2, 0.25) is 5.91 Å². The number of hydrogen-bond acceptors (Lipinski definition) is 3. The number of carbonyl (C=O) groups excluding carboxylic acids is 1. The van der Waals surface area contributed by atoms with Crippen LogP contribution < -0.4 is 20.7 Å². The fraction of sp³-hybridized carbons (Fsp3) is 0.579. The summed E-state index contributed by atoms with van der Waals surface area (Å²) >= 11 is 0. The third-order valence-electron chi connectivity index (χ3n) is 3.72. The smallest absolute Gasteiger partial charge is 0.225 e. The summed E-state index contributed by atoms with van der Waals surface area (Å²) in [6.07, 6.45) is 0. The van der Waals surface area contributed by atoms with E-state index in [1.165, 1.54) is 13.2 Å². The number of hydrogen-bond donors (Lipinski definition) is 3. The van der Waals surface area contributed by atoms with E-state index in [1.807, 2.05) is 40.7 Å². The zero-order valence-corrected chi connectivity index (χ0v) is 16.6. The molecule has 146 valence electrons. The van der Waals surface area contributed by atoms with Crippen LogP contribution in [0.15, 0.2) is 23.2 Å². The van der Waals surface area contributed by atoms with Crippen LogP contribution in [0.1, 0.15) is 46.2 Å². The maximum Gasteiger partial charge on any atom is 0.225 e. The summed E-state index contributed by atoms with van der Waals surface area (Å²) in [6.45, 7) is 11.1. The van der Waals surface area contributed by atoms with Crippen molar-refractivity contribution < 1.29 is 13.9 Å². The molecule has 0 fully saturated rings. The minimum atomic E-state index is -0.417. The second-order valence-corrected chi connectivity index (χ2v) is 7.03. The van der Waals surface area contributed by atoms with Crippen LogP contribution in [0.25, 0.3) is 0 Å². The molecule has 7 heteroatoms. The number of aliphatic imine (C=N–C) groups is 1. The Morgan fingerprint density at radius 2 is 2.00 bits per heavy atom. The van der Waals surface area contributed by atoms with Crippen LogP contribution in [0, 0.1) is 11.2 Å². The summed E-state index contributed by atoms with van der Waals surface area (Å²) in [4.78, 5) is 16.3. The predicted octanol–water partition coefficient (Wildman–Crippen LogP) is 2.61. The molecular formula is C19H31FN4O2. The molecule has 0 aliphatic heterocycles. The molecular weight excluding hydrogens is 335 g/mol. The van der Waals surface area contributed by atoms with Crippen LogP contribution in [0.3, 0.4) is 0 Å². The highest BCUT2D eigenvalue weighted by atomic mass is 19.1. The number of benzene rings is 1. The average molecular weight is 366 g/mol. The van der Waals surface area contributed by atoms with Gasteiger partial charge in [-0.1, -0.05) is 26.8 Å². The molecule has 1 aromatic rings. The first-order valence-corrected chi connectivity index (χ1v) is 8.85. The Morgan fingerprint density at radius 1 is 1.31 bits per heavy atom. The maximum absolute atomic E-state index is 13.9. The summed E-state index contributed by atoms with van der Waals surface area (Å²) in [7, 11) is 1.44. The normalized spacial score (nSPS) is 13.1. The van der Waals surface area contributed by atoms with E-state index in [4.69, 9.17) is 4.74 Å². The molecule has 1 rings (SSSR count). The predicted molar refractivity (Wildman–Crippen MR) is 103 cm³/mol. The van der Waals surface area contributed by atoms with Crippen LogP contribution in [-0.4, -0.2) is 38.6 Å². The second-order valence-electron chi connectivity index (χ2n) is 7.03. The zero-order valence-electron chi connectivity index (χ0n) is 16.6. The van der Waals surface area contributed by atoms with Gasteiger partial charge in [-0.3, -0.25) is 9.79 Å². The van der Waals surface area contributed by atoms with Gasteiger partial charge in [-0.15, -0.1) is 0 Å². The Kier molecular flexibility index (Phi) is 8.35. The van der Waals surface area contributed by atoms with Crippen LogP contribution in [0.4, 0.5) is 4.39 Å². The van der Waals surface area contributed by atoms with E-state index in [9.17, 15) is 9.18 Å². The number of ether oxygens (including phenoxy) is 1. The number of halogens is 1. The highest BCUT2D eigenvalue weighted by Gasteiger charge is 2.20. The Bertz CT molecular complexity index is 626. The van der Waals surface area contributed by atoms with Gasteiger partial charge in [0.25, 0.3) is 0 Å². The third kappa shape index (κ3) is 6.90. The number of carbonyl (C=O) groups is 1. The summed E-state index contributed by atoms with van der Waals surface area (Å²) < 4.78 is 18.8. The quantitative estimate of drug-likeness (QED) is 0.394. The minimum Gasteiger partial charge on any atom is -0.494 e. The number of guanidine groups is 1. The Labute approximate surface area is 155 Å². The van der Waals surface area contributed by atoms with Crippen molar-refractivity contribution in [1.82, 2.24) is 16.0 Å². The topological polar surface area (TPSA) is 74.8 Å². The van der Waals surface area contributed by atoms with Crippen molar-refractivity contribution in [2.75, 3.05) is 26.7 Å². The Balaban J connectivity index is 2.66. The molecule has 1 unspecified atom stereocenters. The van der Waals surface area contributed by atoms with E-state index in [-0.39, 0.29) is 17.7 Å². The zero-order chi connectivity index (χ0) is 19.7. The van der Waals surface area contributed by atoms with Crippen molar-refractivity contribution in [2.45, 2.75) is 40.7 Å². The number of nitrogens with one attached hydrogen (secondary N) is 3. The summed E-state index contributed by atoms with van der Waals surface area (Å²) in [5.41, 5.74) is 0.370. The van der Waals surface area contributed by atoms with Crippen molar-refractivity contribution in [3.8, 4) is 5.75 Å². The summed E-state index contributed by atoms with van der Waals surface area (Å²) in [5.74, 6) is 0.426. The van der Waals surface area contributed by atoms with Crippen molar-refractivity contribution >= 4 is 11.9 Å². The molecule has 6 nitrogen and oxygen atoms in total. The molecule has 1 atom stereocenters. The van der Waals surface area contributed by atoms with E-state index in [0.717, 1.165) is 5.56 Å². The summed E-state index contributed by atoms with van der Waals surface area (Å²) in [6, 6.07) is 4.73. The van der Waals surface area contributed by atoms with Gasteiger partial charge in [0.15, 0.2) is 17.5 Å². The first kappa shape index (κ1) is 21.7. The molecule has 0 saturated heterocycles. The highest BCUT2D eigenvalue weighted by Crippen LogP contribution is 2.21. The molecule has 0 bridgehead atoms. The molecule has 1 aromatic carbocycles. The van der Waals surface area contributed by atoms with Crippen LogP contribution in [-0.2, 0) is 4.79 Å². The van der Waals surface area contributed by atoms with Gasteiger partial charge >= 0.3 is 0 Å². The molecule has 0 heterocycles. The van der Waals surface area contributed by atoms with Crippen LogP contribution in [0.5, 0.6) is 5.75 Å². The fourth-order valence-corrected chi connectivity index (χ4v) is 2.16. The first-order valence-electron chi connectivity index (χ1n) is 8.85. The number of rotatable bonds is 7. The third-order valence-corrected chi connectivity index (χ3v) is 3.72. The van der Waals surface area contributed by atoms with Gasteiger partial charge in [0.1, 0.15) is 0 Å². The molecule has 0 aromatic heterocycles. The van der Waals surface area contributed by atoms with Gasteiger partial charge < -0.3 is 20.7 Å². The van der Waals surface area contributed by atoms with Crippen molar-refractivity contribution in [2.24, 2.45) is 10.4 Å². The molecule has 3 N–H and O–H groups in total. The van der Waals surface area contributed by atoms with Gasteiger partial charge in [-0.2, -0.15) is 0 Å². The first-order chi connectivity index (χ1) is 12.2. The lowest BCUT2D eigenvalue weighted by Gasteiger charge is -2.19. The van der Waals surface area contributed by atoms with Crippen LogP contribution >= 0.6 is 0 Å². The van der Waals surface area contributed by atoms with E-state index < -0.39 is 11.2 Å². The molecule has 1 amide bonds. The standard InChI is InChI=1S/C19H31FN4O2/c1-7-21-18(23-11-10-22-17(25)19(3,4)5)24-13(2)14-8-9-16(26-6)15(20)12-14/h8-9,12-13H,7,10-11H2,1-6H3,(H,22,25)(H2,21,23,24). The van der Waals surface area contributed by atoms with Gasteiger partial charge in [0, 0.05) is 18.5 Å². The lowest BCUT2D eigenvalue weighted by atomic mass is 9.96. The Morgan fingerprint density at radius 3 is 2.54 bits per heavy atom. The fourth-order valence-electron chi connectivity index (χ4n) is 2.16. The Hall–Kier alpha value is -2.31. The second kappa shape index (κ2) is 9.99. The molecule has 0 saturated carbocycles. The van der Waals surface area contributed by atoms with Gasteiger partial charge in [0.05, 0.1) is 19.7 Å². The molecule has 0 aliphatic rings. The average Bonchev–Trinajstić information content (AvgIpc) is 2.57. The SMILES string of the molecule is CCNC(=NCCNC(=O)C(C)(C)C)NC(C)c1ccc(OC)c(F)c1. The van der Waals surface area contributed by atoms with Crippen molar-refractivity contribution in [3.05, 3.63) is 29.6 Å². The van der Waals surface area contributed by atoms with E-state index in [1.54, 1.807) is 6.07 Å². The maximum atomic E-state index is 13.9.